The number of hydrogen-bond donors (Lipinski definition) is 3. The highest BCUT2D eigenvalue weighted by atomic mass is 16.1. The van der Waals surface area contributed by atoms with Crippen LogP contribution in [-0.4, -0.2) is 21.1 Å². The van der Waals surface area contributed by atoms with Crippen LogP contribution in [0.15, 0.2) is 48.5 Å². The minimum atomic E-state index is -0.168. The molecular formula is C17H17N5O. The van der Waals surface area contributed by atoms with E-state index < -0.39 is 0 Å². The maximum atomic E-state index is 12.5. The molecule has 1 amide bonds. The topological polar surface area (TPSA) is 96.7 Å². The number of nitrogens with one attached hydrogen (secondary N) is 2. The summed E-state index contributed by atoms with van der Waals surface area (Å²) in [4.78, 5) is 16.5. The quantitative estimate of drug-likeness (QED) is 0.689. The SMILES string of the molecule is Cc1ccccc1-c1ccccc1C(=O)NCc1nc(N)n[nH]1. The summed E-state index contributed by atoms with van der Waals surface area (Å²) in [7, 11) is 0. The van der Waals surface area contributed by atoms with Gasteiger partial charge >= 0.3 is 0 Å². The van der Waals surface area contributed by atoms with Gasteiger partial charge in [-0.1, -0.05) is 42.5 Å². The van der Waals surface area contributed by atoms with Crippen molar-refractivity contribution in [3.8, 4) is 11.1 Å². The third-order valence-electron chi connectivity index (χ3n) is 3.57. The predicted octanol–water partition coefficient (Wildman–Crippen LogP) is 2.29. The summed E-state index contributed by atoms with van der Waals surface area (Å²) in [5, 5.41) is 9.23. The first-order chi connectivity index (χ1) is 11.1. The van der Waals surface area contributed by atoms with Gasteiger partial charge in [0, 0.05) is 5.56 Å². The van der Waals surface area contributed by atoms with Crippen molar-refractivity contribution in [1.82, 2.24) is 20.5 Å². The number of benzene rings is 2. The molecule has 0 unspecified atom stereocenters. The van der Waals surface area contributed by atoms with Crippen LogP contribution in [0.2, 0.25) is 0 Å². The van der Waals surface area contributed by atoms with Gasteiger partial charge in [0.2, 0.25) is 5.95 Å². The van der Waals surface area contributed by atoms with Crippen molar-refractivity contribution in [2.24, 2.45) is 0 Å². The molecule has 23 heavy (non-hydrogen) atoms. The van der Waals surface area contributed by atoms with Crippen LogP contribution < -0.4 is 11.1 Å². The molecule has 0 atom stereocenters. The summed E-state index contributed by atoms with van der Waals surface area (Å²) in [5.74, 6) is 0.512. The maximum absolute atomic E-state index is 12.5. The minimum absolute atomic E-state index is 0.162. The molecular weight excluding hydrogens is 290 g/mol. The number of rotatable bonds is 4. The molecule has 0 aliphatic rings. The van der Waals surface area contributed by atoms with E-state index in [1.165, 1.54) is 0 Å². The second-order valence-corrected chi connectivity index (χ2v) is 5.18. The lowest BCUT2D eigenvalue weighted by molar-refractivity contribution is 0.0950. The number of aromatic amines is 1. The largest absolute Gasteiger partial charge is 0.367 e. The number of hydrogen-bond acceptors (Lipinski definition) is 4. The first-order valence-electron chi connectivity index (χ1n) is 7.25. The number of H-pyrrole nitrogens is 1. The van der Waals surface area contributed by atoms with E-state index in [9.17, 15) is 4.79 Å². The third-order valence-corrected chi connectivity index (χ3v) is 3.57. The molecule has 116 valence electrons. The normalized spacial score (nSPS) is 10.5. The van der Waals surface area contributed by atoms with Crippen LogP contribution >= 0.6 is 0 Å². The average molecular weight is 307 g/mol. The number of amides is 1. The van der Waals surface area contributed by atoms with Crippen molar-refractivity contribution in [3.63, 3.8) is 0 Å². The minimum Gasteiger partial charge on any atom is -0.367 e. The van der Waals surface area contributed by atoms with Crippen molar-refractivity contribution in [3.05, 3.63) is 65.5 Å². The number of nitrogen functional groups attached to an aromatic ring is 1. The van der Waals surface area contributed by atoms with Crippen LogP contribution in [-0.2, 0) is 6.54 Å². The fraction of sp³-hybridized carbons (Fsp3) is 0.118. The van der Waals surface area contributed by atoms with E-state index in [-0.39, 0.29) is 18.4 Å². The van der Waals surface area contributed by atoms with Crippen molar-refractivity contribution < 1.29 is 4.79 Å². The fourth-order valence-corrected chi connectivity index (χ4v) is 2.44. The third kappa shape index (κ3) is 3.21. The van der Waals surface area contributed by atoms with Gasteiger partial charge < -0.3 is 11.1 Å². The van der Waals surface area contributed by atoms with Gasteiger partial charge in [-0.25, -0.2) is 0 Å². The molecule has 1 heterocycles. The highest BCUT2D eigenvalue weighted by Gasteiger charge is 2.13. The number of aryl methyl sites for hydroxylation is 1. The van der Waals surface area contributed by atoms with E-state index in [1.807, 2.05) is 55.5 Å². The first-order valence-corrected chi connectivity index (χ1v) is 7.25. The summed E-state index contributed by atoms with van der Waals surface area (Å²) in [6.45, 7) is 2.27. The molecule has 0 saturated heterocycles. The predicted molar refractivity (Wildman–Crippen MR) is 88.6 cm³/mol. The van der Waals surface area contributed by atoms with Crippen LogP contribution in [0.5, 0.6) is 0 Å². The number of aromatic nitrogens is 3. The smallest absolute Gasteiger partial charge is 0.252 e. The summed E-state index contributed by atoms with van der Waals surface area (Å²) in [6, 6.07) is 15.5. The molecule has 0 aliphatic heterocycles. The van der Waals surface area contributed by atoms with Gasteiger partial charge in [-0.3, -0.25) is 9.89 Å². The van der Waals surface area contributed by atoms with Gasteiger partial charge in [-0.15, -0.1) is 5.10 Å². The molecule has 4 N–H and O–H groups in total. The van der Waals surface area contributed by atoms with Gasteiger partial charge in [0.1, 0.15) is 5.82 Å². The Morgan fingerprint density at radius 3 is 2.52 bits per heavy atom. The van der Waals surface area contributed by atoms with E-state index in [4.69, 9.17) is 5.73 Å². The van der Waals surface area contributed by atoms with Crippen LogP contribution in [0, 0.1) is 6.92 Å². The average Bonchev–Trinajstić information content (AvgIpc) is 2.99. The zero-order valence-electron chi connectivity index (χ0n) is 12.7. The molecule has 0 saturated carbocycles. The van der Waals surface area contributed by atoms with Gasteiger partial charge in [0.05, 0.1) is 6.54 Å². The van der Waals surface area contributed by atoms with Crippen molar-refractivity contribution in [2.45, 2.75) is 13.5 Å². The summed E-state index contributed by atoms with van der Waals surface area (Å²) in [5.41, 5.74) is 9.13. The first kappa shape index (κ1) is 14.8. The lowest BCUT2D eigenvalue weighted by Gasteiger charge is -2.11. The van der Waals surface area contributed by atoms with Gasteiger partial charge in [-0.05, 0) is 29.7 Å². The van der Waals surface area contributed by atoms with Crippen LogP contribution in [0.25, 0.3) is 11.1 Å². The number of carbonyl (C=O) groups excluding carboxylic acids is 1. The standard InChI is InChI=1S/C17H17N5O/c1-11-6-2-3-7-12(11)13-8-4-5-9-14(13)16(23)19-10-15-20-17(18)22-21-15/h2-9H,10H2,1H3,(H,19,23)(H3,18,20,21,22). The molecule has 0 fully saturated rings. The zero-order valence-corrected chi connectivity index (χ0v) is 12.7. The van der Waals surface area contributed by atoms with Gasteiger partial charge in [0.15, 0.2) is 0 Å². The van der Waals surface area contributed by atoms with Crippen LogP contribution in [0.4, 0.5) is 5.95 Å². The molecule has 0 radical (unpaired) electrons. The second kappa shape index (κ2) is 6.31. The van der Waals surface area contributed by atoms with Crippen LogP contribution in [0.3, 0.4) is 0 Å². The van der Waals surface area contributed by atoms with E-state index in [0.29, 0.717) is 11.4 Å². The molecule has 1 aromatic heterocycles. The summed E-state index contributed by atoms with van der Waals surface area (Å²) >= 11 is 0. The molecule has 3 aromatic rings. The molecule has 2 aromatic carbocycles. The lowest BCUT2D eigenvalue weighted by atomic mass is 9.96. The molecule has 0 bridgehead atoms. The van der Waals surface area contributed by atoms with Crippen molar-refractivity contribution in [1.29, 1.82) is 0 Å². The highest BCUT2D eigenvalue weighted by Crippen LogP contribution is 2.26. The Balaban J connectivity index is 1.85. The van der Waals surface area contributed by atoms with E-state index in [0.717, 1.165) is 16.7 Å². The molecule has 6 nitrogen and oxygen atoms in total. The Kier molecular flexibility index (Phi) is 4.05. The maximum Gasteiger partial charge on any atom is 0.252 e. The number of carbonyl (C=O) groups is 1. The van der Waals surface area contributed by atoms with Gasteiger partial charge in [-0.2, -0.15) is 4.98 Å². The van der Waals surface area contributed by atoms with Gasteiger partial charge in [0.25, 0.3) is 5.91 Å². The Morgan fingerprint density at radius 2 is 1.83 bits per heavy atom. The van der Waals surface area contributed by atoms with E-state index in [1.54, 1.807) is 0 Å². The lowest BCUT2D eigenvalue weighted by Crippen LogP contribution is -2.24. The Hall–Kier alpha value is -3.15. The van der Waals surface area contributed by atoms with E-state index in [2.05, 4.69) is 20.5 Å². The Morgan fingerprint density at radius 1 is 1.13 bits per heavy atom. The molecule has 0 aliphatic carbocycles. The number of anilines is 1. The Labute approximate surface area is 133 Å². The van der Waals surface area contributed by atoms with E-state index >= 15 is 0 Å². The highest BCUT2D eigenvalue weighted by molar-refractivity contribution is 6.01. The molecule has 0 spiro atoms. The second-order valence-electron chi connectivity index (χ2n) is 5.18. The van der Waals surface area contributed by atoms with Crippen LogP contribution in [0.1, 0.15) is 21.7 Å². The summed E-state index contributed by atoms with van der Waals surface area (Å²) in [6.07, 6.45) is 0. The fourth-order valence-electron chi connectivity index (χ4n) is 2.44. The van der Waals surface area contributed by atoms with Crippen molar-refractivity contribution >= 4 is 11.9 Å². The zero-order chi connectivity index (χ0) is 16.2. The summed E-state index contributed by atoms with van der Waals surface area (Å²) < 4.78 is 0. The number of nitrogens with zero attached hydrogens (tertiary/aromatic N) is 2. The Bertz CT molecular complexity index is 840. The molecule has 3 rings (SSSR count). The number of nitrogens with two attached hydrogens (primary N) is 1. The monoisotopic (exact) mass is 307 g/mol. The van der Waals surface area contributed by atoms with Crippen molar-refractivity contribution in [2.75, 3.05) is 5.73 Å². The molecule has 6 heteroatoms.